The number of nitrogens with one attached hydrogen (secondary N) is 1. The molecule has 0 spiro atoms. The Balaban J connectivity index is 2.04. The zero-order valence-corrected chi connectivity index (χ0v) is 10.8. The molecule has 0 bridgehead atoms. The topological polar surface area (TPSA) is 75.6 Å². The van der Waals surface area contributed by atoms with Gasteiger partial charge < -0.3 is 15.2 Å². The SMILES string of the molecule is Cc1cc(NC(=O)C2CCCOC2)ccc1C(=O)O. The normalized spacial score (nSPS) is 18.9. The van der Waals surface area contributed by atoms with Crippen molar-refractivity contribution in [1.29, 1.82) is 0 Å². The third-order valence-corrected chi connectivity index (χ3v) is 3.26. The first-order chi connectivity index (χ1) is 9.08. The Morgan fingerprint density at radius 1 is 1.42 bits per heavy atom. The fraction of sp³-hybridized carbons (Fsp3) is 0.429. The summed E-state index contributed by atoms with van der Waals surface area (Å²) >= 11 is 0. The highest BCUT2D eigenvalue weighted by molar-refractivity contribution is 5.94. The van der Waals surface area contributed by atoms with Crippen molar-refractivity contribution in [2.75, 3.05) is 18.5 Å². The van der Waals surface area contributed by atoms with Crippen LogP contribution in [0.3, 0.4) is 0 Å². The number of aromatic carboxylic acids is 1. The average Bonchev–Trinajstić information content (AvgIpc) is 2.39. The molecule has 102 valence electrons. The Hall–Kier alpha value is -1.88. The minimum absolute atomic E-state index is 0.0674. The van der Waals surface area contributed by atoms with Crippen LogP contribution in [-0.4, -0.2) is 30.2 Å². The van der Waals surface area contributed by atoms with Crippen LogP contribution < -0.4 is 5.32 Å². The van der Waals surface area contributed by atoms with E-state index < -0.39 is 5.97 Å². The summed E-state index contributed by atoms with van der Waals surface area (Å²) in [5, 5.41) is 11.7. The molecule has 0 radical (unpaired) electrons. The Labute approximate surface area is 111 Å². The van der Waals surface area contributed by atoms with Crippen molar-refractivity contribution in [3.05, 3.63) is 29.3 Å². The van der Waals surface area contributed by atoms with Crippen molar-refractivity contribution in [3.8, 4) is 0 Å². The molecule has 1 aliphatic rings. The molecule has 0 aromatic heterocycles. The van der Waals surface area contributed by atoms with Gasteiger partial charge in [-0.1, -0.05) is 0 Å². The van der Waals surface area contributed by atoms with Gasteiger partial charge in [-0.15, -0.1) is 0 Å². The van der Waals surface area contributed by atoms with Gasteiger partial charge in [0.2, 0.25) is 5.91 Å². The number of benzene rings is 1. The Kier molecular flexibility index (Phi) is 4.16. The molecule has 1 unspecified atom stereocenters. The fourth-order valence-corrected chi connectivity index (χ4v) is 2.17. The van der Waals surface area contributed by atoms with Gasteiger partial charge in [0.1, 0.15) is 0 Å². The van der Waals surface area contributed by atoms with Crippen LogP contribution in [0.15, 0.2) is 18.2 Å². The molecule has 0 aliphatic carbocycles. The van der Waals surface area contributed by atoms with Gasteiger partial charge in [0.15, 0.2) is 0 Å². The van der Waals surface area contributed by atoms with Crippen LogP contribution in [0, 0.1) is 12.8 Å². The molecule has 1 atom stereocenters. The van der Waals surface area contributed by atoms with Crippen molar-refractivity contribution in [3.63, 3.8) is 0 Å². The van der Waals surface area contributed by atoms with Gasteiger partial charge in [-0.05, 0) is 43.5 Å². The van der Waals surface area contributed by atoms with E-state index in [1.54, 1.807) is 19.1 Å². The van der Waals surface area contributed by atoms with Crippen LogP contribution in [0.1, 0.15) is 28.8 Å². The Bertz CT molecular complexity index is 492. The van der Waals surface area contributed by atoms with E-state index in [0.29, 0.717) is 17.9 Å². The first kappa shape index (κ1) is 13.5. The molecule has 5 heteroatoms. The lowest BCUT2D eigenvalue weighted by atomic mass is 10.0. The molecule has 1 amide bonds. The molecule has 1 aromatic carbocycles. The zero-order chi connectivity index (χ0) is 13.8. The average molecular weight is 263 g/mol. The number of ether oxygens (including phenoxy) is 1. The van der Waals surface area contributed by atoms with E-state index in [1.165, 1.54) is 6.07 Å². The first-order valence-electron chi connectivity index (χ1n) is 6.30. The van der Waals surface area contributed by atoms with Crippen LogP contribution >= 0.6 is 0 Å². The third-order valence-electron chi connectivity index (χ3n) is 3.26. The van der Waals surface area contributed by atoms with E-state index in [2.05, 4.69) is 5.32 Å². The van der Waals surface area contributed by atoms with Crippen molar-refractivity contribution < 1.29 is 19.4 Å². The third kappa shape index (κ3) is 3.32. The molecule has 0 saturated carbocycles. The van der Waals surface area contributed by atoms with E-state index in [9.17, 15) is 9.59 Å². The van der Waals surface area contributed by atoms with Gasteiger partial charge in [-0.25, -0.2) is 4.79 Å². The van der Waals surface area contributed by atoms with Crippen LogP contribution in [0.25, 0.3) is 0 Å². The predicted octanol–water partition coefficient (Wildman–Crippen LogP) is 2.06. The van der Waals surface area contributed by atoms with Crippen LogP contribution in [0.4, 0.5) is 5.69 Å². The summed E-state index contributed by atoms with van der Waals surface area (Å²) in [5.41, 5.74) is 1.50. The molecule has 5 nitrogen and oxygen atoms in total. The number of aryl methyl sites for hydroxylation is 1. The molecule has 2 rings (SSSR count). The van der Waals surface area contributed by atoms with E-state index >= 15 is 0 Å². The van der Waals surface area contributed by atoms with Gasteiger partial charge >= 0.3 is 5.97 Å². The lowest BCUT2D eigenvalue weighted by Crippen LogP contribution is -2.30. The number of rotatable bonds is 3. The summed E-state index contributed by atoms with van der Waals surface area (Å²) in [5.74, 6) is -1.15. The summed E-state index contributed by atoms with van der Waals surface area (Å²) in [4.78, 5) is 22.9. The number of anilines is 1. The summed E-state index contributed by atoms with van der Waals surface area (Å²) in [6, 6.07) is 4.79. The highest BCUT2D eigenvalue weighted by Crippen LogP contribution is 2.19. The molecule has 1 heterocycles. The highest BCUT2D eigenvalue weighted by atomic mass is 16.5. The van der Waals surface area contributed by atoms with Gasteiger partial charge in [-0.2, -0.15) is 0 Å². The maximum atomic E-state index is 12.0. The number of carbonyl (C=O) groups excluding carboxylic acids is 1. The highest BCUT2D eigenvalue weighted by Gasteiger charge is 2.21. The molecule has 1 aromatic rings. The standard InChI is InChI=1S/C14H17NO4/c1-9-7-11(4-5-12(9)14(17)18)15-13(16)10-3-2-6-19-8-10/h4-5,7,10H,2-3,6,8H2,1H3,(H,15,16)(H,17,18). The van der Waals surface area contributed by atoms with E-state index in [4.69, 9.17) is 9.84 Å². The van der Waals surface area contributed by atoms with Crippen molar-refractivity contribution >= 4 is 17.6 Å². The molecule has 19 heavy (non-hydrogen) atoms. The van der Waals surface area contributed by atoms with E-state index in [1.807, 2.05) is 0 Å². The van der Waals surface area contributed by atoms with Gasteiger partial charge in [0, 0.05) is 12.3 Å². The molecular weight excluding hydrogens is 246 g/mol. The van der Waals surface area contributed by atoms with Crippen molar-refractivity contribution in [2.45, 2.75) is 19.8 Å². The largest absolute Gasteiger partial charge is 0.478 e. The van der Waals surface area contributed by atoms with Crippen LogP contribution in [0.2, 0.25) is 0 Å². The van der Waals surface area contributed by atoms with Crippen molar-refractivity contribution in [1.82, 2.24) is 0 Å². The summed E-state index contributed by atoms with van der Waals surface area (Å²) in [7, 11) is 0. The number of hydrogen-bond donors (Lipinski definition) is 2. The van der Waals surface area contributed by atoms with Crippen LogP contribution in [-0.2, 0) is 9.53 Å². The van der Waals surface area contributed by atoms with E-state index in [0.717, 1.165) is 19.4 Å². The number of amides is 1. The molecule has 1 fully saturated rings. The van der Waals surface area contributed by atoms with Gasteiger partial charge in [0.25, 0.3) is 0 Å². The number of carbonyl (C=O) groups is 2. The fourth-order valence-electron chi connectivity index (χ4n) is 2.17. The molecule has 1 aliphatic heterocycles. The maximum absolute atomic E-state index is 12.0. The second-order valence-corrected chi connectivity index (χ2v) is 4.74. The Morgan fingerprint density at radius 3 is 2.79 bits per heavy atom. The molecule has 1 saturated heterocycles. The smallest absolute Gasteiger partial charge is 0.335 e. The van der Waals surface area contributed by atoms with Gasteiger partial charge in [0.05, 0.1) is 18.1 Å². The first-order valence-corrected chi connectivity index (χ1v) is 6.30. The molecular formula is C14H17NO4. The predicted molar refractivity (Wildman–Crippen MR) is 70.3 cm³/mol. The summed E-state index contributed by atoms with van der Waals surface area (Å²) in [6.45, 7) is 2.89. The minimum Gasteiger partial charge on any atom is -0.478 e. The number of carboxylic acid groups (broad SMARTS) is 1. The maximum Gasteiger partial charge on any atom is 0.335 e. The Morgan fingerprint density at radius 2 is 2.21 bits per heavy atom. The summed E-state index contributed by atoms with van der Waals surface area (Å²) in [6.07, 6.45) is 1.73. The number of carboxylic acids is 1. The van der Waals surface area contributed by atoms with Crippen LogP contribution in [0.5, 0.6) is 0 Å². The quantitative estimate of drug-likeness (QED) is 0.875. The van der Waals surface area contributed by atoms with Crippen molar-refractivity contribution in [2.24, 2.45) is 5.92 Å². The monoisotopic (exact) mass is 263 g/mol. The minimum atomic E-state index is -0.962. The number of hydrogen-bond acceptors (Lipinski definition) is 3. The second kappa shape index (κ2) is 5.84. The summed E-state index contributed by atoms with van der Waals surface area (Å²) < 4.78 is 5.28. The second-order valence-electron chi connectivity index (χ2n) is 4.74. The lowest BCUT2D eigenvalue weighted by molar-refractivity contribution is -0.123. The lowest BCUT2D eigenvalue weighted by Gasteiger charge is -2.21. The molecule has 2 N–H and O–H groups in total. The van der Waals surface area contributed by atoms with Gasteiger partial charge in [-0.3, -0.25) is 4.79 Å². The van der Waals surface area contributed by atoms with E-state index in [-0.39, 0.29) is 17.4 Å². The zero-order valence-electron chi connectivity index (χ0n) is 10.8.